The van der Waals surface area contributed by atoms with Crippen LogP contribution in [0, 0.1) is 0 Å². The first-order valence-electron chi connectivity index (χ1n) is 9.54. The second-order valence-corrected chi connectivity index (χ2v) is 9.73. The van der Waals surface area contributed by atoms with Crippen LogP contribution in [-0.4, -0.2) is 24.6 Å². The molecule has 0 saturated carbocycles. The number of halogens is 1. The van der Waals surface area contributed by atoms with Crippen molar-refractivity contribution in [3.63, 3.8) is 0 Å². The van der Waals surface area contributed by atoms with Crippen LogP contribution in [0.3, 0.4) is 0 Å². The number of nitrogens with zero attached hydrogens (tertiary/aromatic N) is 1. The molecule has 6 heteroatoms. The van der Waals surface area contributed by atoms with E-state index in [0.717, 1.165) is 33.9 Å². The molecule has 1 heterocycles. The summed E-state index contributed by atoms with van der Waals surface area (Å²) < 4.78 is 23.6. The quantitative estimate of drug-likeness (QED) is 0.420. The molecule has 1 unspecified atom stereocenters. The Morgan fingerprint density at radius 3 is 2.07 bits per heavy atom. The van der Waals surface area contributed by atoms with Gasteiger partial charge in [0.2, 0.25) is 0 Å². The number of imidazole rings is 1. The van der Waals surface area contributed by atoms with Crippen molar-refractivity contribution in [1.29, 1.82) is 0 Å². The molecule has 0 fully saturated rings. The molecule has 152 valence electrons. The number of aromatic amines is 1. The van der Waals surface area contributed by atoms with E-state index in [4.69, 9.17) is 16.6 Å². The van der Waals surface area contributed by atoms with Crippen LogP contribution in [0.15, 0.2) is 83.8 Å². The summed E-state index contributed by atoms with van der Waals surface area (Å²) in [7, 11) is -3.25. The number of nitrogens with one attached hydrogen (secondary N) is 1. The summed E-state index contributed by atoms with van der Waals surface area (Å²) in [4.78, 5) is 8.68. The predicted octanol–water partition coefficient (Wildman–Crippen LogP) is 5.95. The number of aromatic nitrogens is 2. The van der Waals surface area contributed by atoms with Crippen LogP contribution >= 0.6 is 11.6 Å². The molecule has 0 aliphatic rings. The molecule has 0 amide bonds. The van der Waals surface area contributed by atoms with Crippen LogP contribution in [-0.2, 0) is 9.84 Å². The zero-order valence-corrected chi connectivity index (χ0v) is 18.2. The number of H-pyrrole nitrogens is 1. The van der Waals surface area contributed by atoms with Crippen molar-refractivity contribution < 1.29 is 8.42 Å². The van der Waals surface area contributed by atoms with Gasteiger partial charge in [0.15, 0.2) is 9.84 Å². The summed E-state index contributed by atoms with van der Waals surface area (Å²) in [5, 5.41) is 0.659. The lowest BCUT2D eigenvalue weighted by Gasteiger charge is -2.08. The summed E-state index contributed by atoms with van der Waals surface area (Å²) >= 11 is 6.07. The summed E-state index contributed by atoms with van der Waals surface area (Å²) in [6, 6.07) is 24.6. The van der Waals surface area contributed by atoms with E-state index in [1.54, 1.807) is 24.3 Å². The van der Waals surface area contributed by atoms with E-state index in [-0.39, 0.29) is 10.8 Å². The normalized spacial score (nSPS) is 12.6. The van der Waals surface area contributed by atoms with Gasteiger partial charge in [-0.15, -0.1) is 0 Å². The highest BCUT2D eigenvalue weighted by molar-refractivity contribution is 7.90. The molecule has 1 aromatic heterocycles. The van der Waals surface area contributed by atoms with Crippen LogP contribution in [0.1, 0.15) is 24.2 Å². The Kier molecular flexibility index (Phi) is 5.50. The van der Waals surface area contributed by atoms with Gasteiger partial charge >= 0.3 is 0 Å². The lowest BCUT2D eigenvalue weighted by molar-refractivity contribution is 0.602. The molecular weight excluding hydrogens is 416 g/mol. The van der Waals surface area contributed by atoms with E-state index in [9.17, 15) is 8.42 Å². The molecular formula is C24H21ClN2O2S. The highest BCUT2D eigenvalue weighted by Gasteiger charge is 2.19. The van der Waals surface area contributed by atoms with E-state index >= 15 is 0 Å². The van der Waals surface area contributed by atoms with E-state index in [1.165, 1.54) is 6.26 Å². The zero-order valence-electron chi connectivity index (χ0n) is 16.6. The zero-order chi connectivity index (χ0) is 21.3. The molecule has 0 saturated heterocycles. The second-order valence-electron chi connectivity index (χ2n) is 7.28. The van der Waals surface area contributed by atoms with Crippen molar-refractivity contribution in [3.05, 3.63) is 95.3 Å². The van der Waals surface area contributed by atoms with Crippen molar-refractivity contribution in [1.82, 2.24) is 9.97 Å². The topological polar surface area (TPSA) is 62.8 Å². The highest BCUT2D eigenvalue weighted by Crippen LogP contribution is 2.34. The highest BCUT2D eigenvalue weighted by atomic mass is 35.5. The van der Waals surface area contributed by atoms with Gasteiger partial charge in [0.25, 0.3) is 0 Å². The molecule has 0 spiro atoms. The van der Waals surface area contributed by atoms with Crippen LogP contribution in [0.5, 0.6) is 0 Å². The fourth-order valence-corrected chi connectivity index (χ4v) is 4.15. The molecule has 3 aromatic carbocycles. The van der Waals surface area contributed by atoms with Gasteiger partial charge in [-0.1, -0.05) is 73.1 Å². The fourth-order valence-electron chi connectivity index (χ4n) is 3.39. The lowest BCUT2D eigenvalue weighted by Crippen LogP contribution is -1.98. The minimum Gasteiger partial charge on any atom is -0.341 e. The van der Waals surface area contributed by atoms with Gasteiger partial charge in [-0.3, -0.25) is 0 Å². The monoisotopic (exact) mass is 436 g/mol. The Morgan fingerprint density at radius 2 is 1.47 bits per heavy atom. The van der Waals surface area contributed by atoms with Gasteiger partial charge < -0.3 is 4.98 Å². The van der Waals surface area contributed by atoms with Crippen LogP contribution in [0.2, 0.25) is 5.02 Å². The summed E-state index contributed by atoms with van der Waals surface area (Å²) in [6.45, 7) is 2.11. The SMILES string of the molecule is CC(c1ccccc1)c1nc(-c2ccc(Cl)cc2)c(-c2ccc(S(C)(=O)=O)cc2)[nH]1. The van der Waals surface area contributed by atoms with E-state index in [2.05, 4.69) is 24.0 Å². The van der Waals surface area contributed by atoms with Crippen LogP contribution < -0.4 is 0 Å². The number of sulfone groups is 1. The molecule has 0 radical (unpaired) electrons. The van der Waals surface area contributed by atoms with Crippen LogP contribution in [0.4, 0.5) is 0 Å². The molecule has 0 aliphatic carbocycles. The molecule has 4 nitrogen and oxygen atoms in total. The van der Waals surface area contributed by atoms with Gasteiger partial charge in [-0.25, -0.2) is 13.4 Å². The molecule has 1 N–H and O–H groups in total. The van der Waals surface area contributed by atoms with Crippen LogP contribution in [0.25, 0.3) is 22.5 Å². The molecule has 1 atom stereocenters. The number of hydrogen-bond acceptors (Lipinski definition) is 3. The third-order valence-electron chi connectivity index (χ3n) is 5.12. The Hall–Kier alpha value is -2.89. The van der Waals surface area contributed by atoms with E-state index in [1.807, 2.05) is 42.5 Å². The van der Waals surface area contributed by atoms with Crippen molar-refractivity contribution in [2.75, 3.05) is 6.26 Å². The Balaban J connectivity index is 1.83. The van der Waals surface area contributed by atoms with E-state index < -0.39 is 9.84 Å². The predicted molar refractivity (Wildman–Crippen MR) is 122 cm³/mol. The Morgan fingerprint density at radius 1 is 0.867 bits per heavy atom. The van der Waals surface area contributed by atoms with Crippen molar-refractivity contribution in [2.24, 2.45) is 0 Å². The second kappa shape index (κ2) is 8.09. The molecule has 4 rings (SSSR count). The third kappa shape index (κ3) is 4.18. The van der Waals surface area contributed by atoms with Gasteiger partial charge in [-0.2, -0.15) is 0 Å². The molecule has 0 bridgehead atoms. The van der Waals surface area contributed by atoms with Crippen molar-refractivity contribution in [3.8, 4) is 22.5 Å². The molecule has 0 aliphatic heterocycles. The summed E-state index contributed by atoms with van der Waals surface area (Å²) in [5.74, 6) is 0.912. The standard InChI is InChI=1S/C24H21ClN2O2S/c1-16(17-6-4-3-5-7-17)24-26-22(18-8-12-20(25)13-9-18)23(27-24)19-10-14-21(15-11-19)30(2,28)29/h3-16H,1-2H3,(H,26,27). The van der Waals surface area contributed by atoms with Gasteiger partial charge in [0.05, 0.1) is 16.3 Å². The fraction of sp³-hybridized carbons (Fsp3) is 0.125. The largest absolute Gasteiger partial charge is 0.341 e. The van der Waals surface area contributed by atoms with Gasteiger partial charge in [-0.05, 0) is 29.8 Å². The first-order chi connectivity index (χ1) is 14.3. The minimum atomic E-state index is -3.25. The molecule has 4 aromatic rings. The Labute approximate surface area is 181 Å². The average molecular weight is 437 g/mol. The maximum atomic E-state index is 11.8. The van der Waals surface area contributed by atoms with Gasteiger partial charge in [0.1, 0.15) is 5.82 Å². The van der Waals surface area contributed by atoms with Crippen molar-refractivity contribution in [2.45, 2.75) is 17.7 Å². The van der Waals surface area contributed by atoms with E-state index in [0.29, 0.717) is 5.02 Å². The number of rotatable bonds is 5. The first-order valence-corrected chi connectivity index (χ1v) is 11.8. The lowest BCUT2D eigenvalue weighted by atomic mass is 10.0. The average Bonchev–Trinajstić information content (AvgIpc) is 3.19. The minimum absolute atomic E-state index is 0.0706. The maximum Gasteiger partial charge on any atom is 0.175 e. The summed E-state index contributed by atoms with van der Waals surface area (Å²) in [6.07, 6.45) is 1.21. The van der Waals surface area contributed by atoms with Gasteiger partial charge in [0, 0.05) is 28.3 Å². The molecule has 30 heavy (non-hydrogen) atoms. The number of benzene rings is 3. The summed E-state index contributed by atoms with van der Waals surface area (Å²) in [5.41, 5.74) is 4.61. The number of hydrogen-bond donors (Lipinski definition) is 1. The first kappa shape index (κ1) is 20.4. The van der Waals surface area contributed by atoms with Crippen molar-refractivity contribution >= 4 is 21.4 Å². The maximum absolute atomic E-state index is 11.8. The third-order valence-corrected chi connectivity index (χ3v) is 6.50. The Bertz CT molecular complexity index is 1260. The smallest absolute Gasteiger partial charge is 0.175 e.